The van der Waals surface area contributed by atoms with E-state index in [-0.39, 0.29) is 0 Å². The fourth-order valence-corrected chi connectivity index (χ4v) is 3.81. The van der Waals surface area contributed by atoms with Gasteiger partial charge >= 0.3 is 0 Å². The molecule has 1 aromatic rings. The van der Waals surface area contributed by atoms with Gasteiger partial charge in [-0.25, -0.2) is 0 Å². The minimum absolute atomic E-state index is 0.645. The Hall–Kier alpha value is -1.26. The summed E-state index contributed by atoms with van der Waals surface area (Å²) in [4.78, 5) is 0. The lowest BCUT2D eigenvalue weighted by Crippen LogP contribution is -2.20. The third-order valence-corrected chi connectivity index (χ3v) is 5.70. The van der Waals surface area contributed by atoms with Crippen LogP contribution in [0.2, 0.25) is 0 Å². The Morgan fingerprint density at radius 1 is 1.12 bits per heavy atom. The maximum atomic E-state index is 5.95. The van der Waals surface area contributed by atoms with Crippen LogP contribution in [0.15, 0.2) is 18.2 Å². The maximum Gasteiger partial charge on any atom is 0.161 e. The number of methoxy groups -OCH3 is 2. The number of ether oxygens (including phenoxy) is 3. The molecule has 1 saturated heterocycles. The fourth-order valence-electron chi connectivity index (χ4n) is 3.81. The normalized spacial score (nSPS) is 21.2. The van der Waals surface area contributed by atoms with Gasteiger partial charge in [0.1, 0.15) is 0 Å². The van der Waals surface area contributed by atoms with E-state index in [9.17, 15) is 0 Å². The number of benzene rings is 1. The first kappa shape index (κ1) is 21.0. The van der Waals surface area contributed by atoms with E-state index in [0.29, 0.717) is 25.0 Å². The second-order valence-corrected chi connectivity index (χ2v) is 8.02. The summed E-state index contributed by atoms with van der Waals surface area (Å²) in [6.45, 7) is 10.8. The van der Waals surface area contributed by atoms with E-state index in [1.165, 1.54) is 18.5 Å². The van der Waals surface area contributed by atoms with E-state index in [4.69, 9.17) is 14.2 Å². The predicted molar refractivity (Wildman–Crippen MR) is 107 cm³/mol. The molecule has 4 nitrogen and oxygen atoms in total. The first-order valence-electron chi connectivity index (χ1n) is 10.0. The monoisotopic (exact) mass is 363 g/mol. The molecule has 1 heterocycles. The summed E-state index contributed by atoms with van der Waals surface area (Å²) in [7, 11) is 3.41. The zero-order valence-corrected chi connectivity index (χ0v) is 17.2. The molecular formula is C22H37NO3. The SMILES string of the molecule is COCCCOc1cc(C[C@@H](C[C@@H]2CNC[C@H]2C)C(C)C)ccc1OC. The molecule has 2 rings (SSSR count). The summed E-state index contributed by atoms with van der Waals surface area (Å²) < 4.78 is 16.5. The molecular weight excluding hydrogens is 326 g/mol. The van der Waals surface area contributed by atoms with E-state index < -0.39 is 0 Å². The summed E-state index contributed by atoms with van der Waals surface area (Å²) in [5.74, 6) is 4.60. The van der Waals surface area contributed by atoms with Crippen molar-refractivity contribution in [2.24, 2.45) is 23.7 Å². The molecule has 0 saturated carbocycles. The van der Waals surface area contributed by atoms with E-state index >= 15 is 0 Å². The molecule has 3 atom stereocenters. The smallest absolute Gasteiger partial charge is 0.161 e. The molecule has 1 aliphatic heterocycles. The van der Waals surface area contributed by atoms with Crippen LogP contribution in [0.4, 0.5) is 0 Å². The molecule has 1 aliphatic rings. The summed E-state index contributed by atoms with van der Waals surface area (Å²) in [5.41, 5.74) is 1.34. The van der Waals surface area contributed by atoms with E-state index in [1.807, 2.05) is 6.07 Å². The van der Waals surface area contributed by atoms with Gasteiger partial charge in [0.25, 0.3) is 0 Å². The van der Waals surface area contributed by atoms with Crippen molar-refractivity contribution in [1.82, 2.24) is 5.32 Å². The first-order valence-corrected chi connectivity index (χ1v) is 10.0. The Morgan fingerprint density at radius 3 is 2.54 bits per heavy atom. The first-order chi connectivity index (χ1) is 12.5. The van der Waals surface area contributed by atoms with E-state index in [0.717, 1.165) is 42.7 Å². The standard InChI is InChI=1S/C22H37NO3/c1-16(2)19(13-20-15-23-14-17(20)3)11-18-7-8-21(25-5)22(12-18)26-10-6-9-24-4/h7-8,12,16-17,19-20,23H,6,9-11,13-15H2,1-5H3/t17-,19+,20-/m1/s1. The van der Waals surface area contributed by atoms with Crippen molar-refractivity contribution >= 4 is 0 Å². The van der Waals surface area contributed by atoms with E-state index in [2.05, 4.69) is 38.2 Å². The minimum Gasteiger partial charge on any atom is -0.493 e. The van der Waals surface area contributed by atoms with Gasteiger partial charge in [-0.05, 0) is 67.3 Å². The molecule has 0 radical (unpaired) electrons. The van der Waals surface area contributed by atoms with Crippen molar-refractivity contribution in [3.63, 3.8) is 0 Å². The molecule has 148 valence electrons. The number of rotatable bonds is 11. The van der Waals surface area contributed by atoms with Crippen LogP contribution in [0.5, 0.6) is 11.5 Å². The number of nitrogens with one attached hydrogen (secondary N) is 1. The lowest BCUT2D eigenvalue weighted by molar-refractivity contribution is 0.170. The molecule has 1 N–H and O–H groups in total. The lowest BCUT2D eigenvalue weighted by Gasteiger charge is -2.26. The summed E-state index contributed by atoms with van der Waals surface area (Å²) in [6, 6.07) is 6.39. The Kier molecular flexibility index (Phi) is 8.73. The average molecular weight is 364 g/mol. The van der Waals surface area contributed by atoms with Crippen LogP contribution in [0.25, 0.3) is 0 Å². The highest BCUT2D eigenvalue weighted by atomic mass is 16.5. The van der Waals surface area contributed by atoms with Crippen molar-refractivity contribution in [2.75, 3.05) is 40.5 Å². The van der Waals surface area contributed by atoms with Crippen molar-refractivity contribution in [2.45, 2.75) is 40.0 Å². The molecule has 0 spiro atoms. The largest absolute Gasteiger partial charge is 0.493 e. The van der Waals surface area contributed by atoms with Crippen molar-refractivity contribution in [3.05, 3.63) is 23.8 Å². The van der Waals surface area contributed by atoms with Gasteiger partial charge in [-0.1, -0.05) is 26.8 Å². The van der Waals surface area contributed by atoms with Gasteiger partial charge in [-0.3, -0.25) is 0 Å². The molecule has 0 amide bonds. The Labute approximate surface area is 159 Å². The summed E-state index contributed by atoms with van der Waals surface area (Å²) >= 11 is 0. The molecule has 0 aliphatic carbocycles. The van der Waals surface area contributed by atoms with Gasteiger partial charge in [0.2, 0.25) is 0 Å². The molecule has 1 fully saturated rings. The average Bonchev–Trinajstić information content (AvgIpc) is 3.03. The van der Waals surface area contributed by atoms with Crippen LogP contribution in [0, 0.1) is 23.7 Å². The Morgan fingerprint density at radius 2 is 1.92 bits per heavy atom. The summed E-state index contributed by atoms with van der Waals surface area (Å²) in [6.07, 6.45) is 3.27. The van der Waals surface area contributed by atoms with Gasteiger partial charge < -0.3 is 19.5 Å². The van der Waals surface area contributed by atoms with Crippen LogP contribution in [0.3, 0.4) is 0 Å². The van der Waals surface area contributed by atoms with Crippen molar-refractivity contribution < 1.29 is 14.2 Å². The van der Waals surface area contributed by atoms with Gasteiger partial charge in [-0.2, -0.15) is 0 Å². The summed E-state index contributed by atoms with van der Waals surface area (Å²) in [5, 5.41) is 3.54. The molecule has 0 aromatic heterocycles. The highest BCUT2D eigenvalue weighted by Gasteiger charge is 2.27. The second kappa shape index (κ2) is 10.8. The third-order valence-electron chi connectivity index (χ3n) is 5.70. The van der Waals surface area contributed by atoms with Crippen molar-refractivity contribution in [3.8, 4) is 11.5 Å². The zero-order valence-electron chi connectivity index (χ0n) is 17.2. The van der Waals surface area contributed by atoms with Crippen molar-refractivity contribution in [1.29, 1.82) is 0 Å². The number of hydrogen-bond acceptors (Lipinski definition) is 4. The van der Waals surface area contributed by atoms with Gasteiger partial charge in [-0.15, -0.1) is 0 Å². The Bertz CT molecular complexity index is 532. The lowest BCUT2D eigenvalue weighted by atomic mass is 9.79. The third kappa shape index (κ3) is 6.17. The molecule has 1 aromatic carbocycles. The highest BCUT2D eigenvalue weighted by molar-refractivity contribution is 5.43. The highest BCUT2D eigenvalue weighted by Crippen LogP contribution is 2.33. The van der Waals surface area contributed by atoms with E-state index in [1.54, 1.807) is 14.2 Å². The maximum absolute atomic E-state index is 5.95. The zero-order chi connectivity index (χ0) is 18.9. The molecule has 26 heavy (non-hydrogen) atoms. The van der Waals surface area contributed by atoms with Gasteiger partial charge in [0.05, 0.1) is 13.7 Å². The van der Waals surface area contributed by atoms with Crippen LogP contribution >= 0.6 is 0 Å². The molecule has 0 unspecified atom stereocenters. The predicted octanol–water partition coefficient (Wildman–Crippen LogP) is 4.17. The minimum atomic E-state index is 0.645. The van der Waals surface area contributed by atoms with Crippen LogP contribution in [-0.2, 0) is 11.2 Å². The van der Waals surface area contributed by atoms with Gasteiger partial charge in [0, 0.05) is 20.1 Å². The molecule has 4 heteroatoms. The van der Waals surface area contributed by atoms with Crippen LogP contribution < -0.4 is 14.8 Å². The Balaban J connectivity index is 2.02. The second-order valence-electron chi connectivity index (χ2n) is 8.02. The molecule has 0 bridgehead atoms. The number of hydrogen-bond donors (Lipinski definition) is 1. The fraction of sp³-hybridized carbons (Fsp3) is 0.727. The van der Waals surface area contributed by atoms with Gasteiger partial charge in [0.15, 0.2) is 11.5 Å². The quantitative estimate of drug-likeness (QED) is 0.599. The topological polar surface area (TPSA) is 39.7 Å². The van der Waals surface area contributed by atoms with Crippen LogP contribution in [0.1, 0.15) is 39.2 Å². The van der Waals surface area contributed by atoms with Crippen LogP contribution in [-0.4, -0.2) is 40.5 Å².